The Morgan fingerprint density at radius 3 is 1.17 bits per heavy atom. The molecular formula is C62H104NO8+. The summed E-state index contributed by atoms with van der Waals surface area (Å²) < 4.78 is 22.8. The highest BCUT2D eigenvalue weighted by Gasteiger charge is 2.25. The molecule has 404 valence electrons. The molecule has 1 N–H and O–H groups in total. The van der Waals surface area contributed by atoms with E-state index in [-0.39, 0.29) is 38.6 Å². The molecule has 0 aromatic rings. The van der Waals surface area contributed by atoms with E-state index in [2.05, 4.69) is 123 Å². The molecule has 9 nitrogen and oxygen atoms in total. The smallest absolute Gasteiger partial charge is 0.361 e. The molecule has 0 spiro atoms. The average Bonchev–Trinajstić information content (AvgIpc) is 3.34. The van der Waals surface area contributed by atoms with Crippen LogP contribution < -0.4 is 0 Å². The summed E-state index contributed by atoms with van der Waals surface area (Å²) in [6.45, 7) is 4.57. The van der Waals surface area contributed by atoms with Gasteiger partial charge in [-0.25, -0.2) is 4.79 Å². The summed E-state index contributed by atoms with van der Waals surface area (Å²) in [7, 11) is 5.94. The highest BCUT2D eigenvalue weighted by atomic mass is 16.7. The van der Waals surface area contributed by atoms with Crippen molar-refractivity contribution in [1.82, 2.24) is 0 Å². The van der Waals surface area contributed by atoms with Crippen molar-refractivity contribution >= 4 is 17.9 Å². The number of carbonyl (C=O) groups excluding carboxylic acids is 2. The average molecular weight is 992 g/mol. The Kier molecular flexibility index (Phi) is 49.3. The predicted octanol–water partition coefficient (Wildman–Crippen LogP) is 16.3. The van der Waals surface area contributed by atoms with Crippen LogP contribution in [-0.2, 0) is 33.3 Å². The number of carboxylic acid groups (broad SMARTS) is 1. The highest BCUT2D eigenvalue weighted by Crippen LogP contribution is 2.15. The van der Waals surface area contributed by atoms with Crippen molar-refractivity contribution < 1.29 is 42.9 Å². The molecule has 0 fully saturated rings. The summed E-state index contributed by atoms with van der Waals surface area (Å²) in [5, 5.41) is 9.68. The first-order valence-corrected chi connectivity index (χ1v) is 28.1. The molecule has 0 rings (SSSR count). The number of ether oxygens (including phenoxy) is 4. The van der Waals surface area contributed by atoms with E-state index in [0.29, 0.717) is 17.4 Å². The number of allylic oxidation sites excluding steroid dienone is 18. The van der Waals surface area contributed by atoms with E-state index in [0.717, 1.165) is 83.5 Å². The van der Waals surface area contributed by atoms with E-state index < -0.39 is 24.3 Å². The normalized spacial score (nSPS) is 13.6. The molecule has 71 heavy (non-hydrogen) atoms. The second kappa shape index (κ2) is 52.3. The summed E-state index contributed by atoms with van der Waals surface area (Å²) in [5.41, 5.74) is 0. The second-order valence-corrected chi connectivity index (χ2v) is 19.5. The molecule has 0 radical (unpaired) electrons. The number of esters is 2. The monoisotopic (exact) mass is 991 g/mol. The zero-order chi connectivity index (χ0) is 52.0. The van der Waals surface area contributed by atoms with E-state index in [9.17, 15) is 19.5 Å². The topological polar surface area (TPSA) is 108 Å². The maximum absolute atomic E-state index is 12.8. The summed E-state index contributed by atoms with van der Waals surface area (Å²) in [5.74, 6) is -2.09. The fraction of sp³-hybridized carbons (Fsp3) is 0.661. The molecule has 0 saturated carbocycles. The lowest BCUT2D eigenvalue weighted by molar-refractivity contribution is -0.870. The van der Waals surface area contributed by atoms with E-state index in [1.165, 1.54) is 89.9 Å². The molecule has 0 heterocycles. The van der Waals surface area contributed by atoms with Crippen molar-refractivity contribution in [2.75, 3.05) is 47.5 Å². The third-order valence-electron chi connectivity index (χ3n) is 11.5. The SMILES string of the molecule is CC/C=C\C/C=C\C/C=C\C/C=C\C/C=C\CCCC(=O)OC(COC(=O)CCCCCCCCCCCCCCCCCC/C=C\C/C=C\C/C=C\C/C=C\CC)COC(OCC[N+](C)(C)C)C(=O)O. The lowest BCUT2D eigenvalue weighted by Gasteiger charge is -2.25. The number of hydrogen-bond acceptors (Lipinski definition) is 7. The number of hydrogen-bond donors (Lipinski definition) is 1. The van der Waals surface area contributed by atoms with Gasteiger partial charge in [0.05, 0.1) is 34.4 Å². The van der Waals surface area contributed by atoms with Gasteiger partial charge in [0.25, 0.3) is 6.29 Å². The molecule has 0 saturated heterocycles. The number of aliphatic carboxylic acids is 1. The maximum atomic E-state index is 12.8. The summed E-state index contributed by atoms with van der Waals surface area (Å²) >= 11 is 0. The van der Waals surface area contributed by atoms with Crippen LogP contribution >= 0.6 is 0 Å². The molecule has 0 aromatic carbocycles. The minimum atomic E-state index is -1.53. The van der Waals surface area contributed by atoms with Crippen LogP contribution in [0.1, 0.15) is 206 Å². The van der Waals surface area contributed by atoms with Crippen molar-refractivity contribution in [3.63, 3.8) is 0 Å². The van der Waals surface area contributed by atoms with Gasteiger partial charge in [0.15, 0.2) is 6.10 Å². The highest BCUT2D eigenvalue weighted by molar-refractivity contribution is 5.71. The van der Waals surface area contributed by atoms with Crippen LogP contribution in [0.15, 0.2) is 109 Å². The Bertz CT molecular complexity index is 1530. The molecule has 2 unspecified atom stereocenters. The van der Waals surface area contributed by atoms with Crippen LogP contribution in [0, 0.1) is 0 Å². The number of carboxylic acids is 1. The Labute approximate surface area is 434 Å². The standard InChI is InChI=1S/C62H103NO8/c1-6-8-10-12-14-16-18-20-22-24-25-26-27-28-29-30-31-32-33-34-35-37-38-40-42-44-46-48-50-52-59(64)69-56-58(57-70-62(61(66)67)68-55-54-63(3,4)5)71-60(65)53-51-49-47-45-43-41-39-36-23-21-19-17-15-13-11-9-7-2/h8-11,14-17,20-23,25-26,39,41,45,47,58,62H,6-7,12-13,18-19,24,27-38,40,42-44,46,48-57H2,1-5H3/p+1/b10-8-,11-9-,16-14-,17-15-,22-20-,23-21-,26-25-,41-39-,47-45-. The van der Waals surface area contributed by atoms with Crippen molar-refractivity contribution in [1.29, 1.82) is 0 Å². The minimum absolute atomic E-state index is 0.172. The third kappa shape index (κ3) is 53.6. The van der Waals surface area contributed by atoms with Gasteiger partial charge in [0.2, 0.25) is 0 Å². The molecule has 0 aliphatic heterocycles. The Morgan fingerprint density at radius 1 is 0.423 bits per heavy atom. The van der Waals surface area contributed by atoms with Crippen LogP contribution in [-0.4, -0.2) is 87.4 Å². The molecule has 0 amide bonds. The number of nitrogens with zero attached hydrogens (tertiary/aromatic N) is 1. The van der Waals surface area contributed by atoms with Crippen LogP contribution in [0.5, 0.6) is 0 Å². The molecular weight excluding hydrogens is 887 g/mol. The molecule has 2 atom stereocenters. The fourth-order valence-corrected chi connectivity index (χ4v) is 7.27. The summed E-state index contributed by atoms with van der Waals surface area (Å²) in [6.07, 6.45) is 69.0. The lowest BCUT2D eigenvalue weighted by atomic mass is 10.0. The van der Waals surface area contributed by atoms with Gasteiger partial charge in [0.1, 0.15) is 13.2 Å². The van der Waals surface area contributed by atoms with E-state index >= 15 is 0 Å². The molecule has 9 heteroatoms. The van der Waals surface area contributed by atoms with Crippen LogP contribution in [0.25, 0.3) is 0 Å². The molecule has 0 bridgehead atoms. The zero-order valence-electron chi connectivity index (χ0n) is 45.8. The summed E-state index contributed by atoms with van der Waals surface area (Å²) in [4.78, 5) is 37.3. The van der Waals surface area contributed by atoms with Crippen molar-refractivity contribution in [3.8, 4) is 0 Å². The van der Waals surface area contributed by atoms with Gasteiger partial charge in [-0.2, -0.15) is 0 Å². The largest absolute Gasteiger partial charge is 0.477 e. The fourth-order valence-electron chi connectivity index (χ4n) is 7.27. The van der Waals surface area contributed by atoms with Crippen molar-refractivity contribution in [2.45, 2.75) is 219 Å². The first kappa shape index (κ1) is 67.0. The number of unbranched alkanes of at least 4 members (excludes halogenated alkanes) is 17. The van der Waals surface area contributed by atoms with Gasteiger partial charge >= 0.3 is 17.9 Å². The number of likely N-dealkylation sites (N-methyl/N-ethyl adjacent to an activating group) is 1. The lowest BCUT2D eigenvalue weighted by Crippen LogP contribution is -2.40. The Balaban J connectivity index is 4.25. The zero-order valence-corrected chi connectivity index (χ0v) is 45.8. The van der Waals surface area contributed by atoms with Gasteiger partial charge in [-0.05, 0) is 89.9 Å². The van der Waals surface area contributed by atoms with Crippen LogP contribution in [0.3, 0.4) is 0 Å². The third-order valence-corrected chi connectivity index (χ3v) is 11.5. The minimum Gasteiger partial charge on any atom is -0.477 e. The van der Waals surface area contributed by atoms with Gasteiger partial charge in [0, 0.05) is 12.8 Å². The predicted molar refractivity (Wildman–Crippen MR) is 299 cm³/mol. The van der Waals surface area contributed by atoms with E-state index in [1.807, 2.05) is 21.1 Å². The van der Waals surface area contributed by atoms with E-state index in [4.69, 9.17) is 18.9 Å². The first-order valence-electron chi connectivity index (χ1n) is 28.1. The van der Waals surface area contributed by atoms with Crippen LogP contribution in [0.4, 0.5) is 0 Å². The molecule has 0 aliphatic carbocycles. The Hall–Kier alpha value is -4.05. The van der Waals surface area contributed by atoms with Crippen molar-refractivity contribution in [2.24, 2.45) is 0 Å². The van der Waals surface area contributed by atoms with E-state index in [1.54, 1.807) is 0 Å². The second-order valence-electron chi connectivity index (χ2n) is 19.5. The van der Waals surface area contributed by atoms with Gasteiger partial charge in [-0.15, -0.1) is 0 Å². The van der Waals surface area contributed by atoms with Gasteiger partial charge < -0.3 is 28.5 Å². The first-order chi connectivity index (χ1) is 34.6. The number of rotatable bonds is 50. The summed E-state index contributed by atoms with van der Waals surface area (Å²) in [6, 6.07) is 0. The maximum Gasteiger partial charge on any atom is 0.361 e. The van der Waals surface area contributed by atoms with Gasteiger partial charge in [-0.3, -0.25) is 9.59 Å². The molecule has 0 aliphatic rings. The number of carbonyl (C=O) groups is 3. The number of quaternary nitrogens is 1. The van der Waals surface area contributed by atoms with Gasteiger partial charge in [-0.1, -0.05) is 213 Å². The Morgan fingerprint density at radius 2 is 0.775 bits per heavy atom. The quantitative estimate of drug-likeness (QED) is 0.0211. The van der Waals surface area contributed by atoms with Crippen LogP contribution in [0.2, 0.25) is 0 Å². The van der Waals surface area contributed by atoms with Crippen molar-refractivity contribution in [3.05, 3.63) is 109 Å². The molecule has 0 aromatic heterocycles.